The first-order valence-electron chi connectivity index (χ1n) is 14.5. The maximum Gasteiger partial charge on any atom is 0.115 e. The van der Waals surface area contributed by atoms with E-state index in [1.54, 1.807) is 6.08 Å². The van der Waals surface area contributed by atoms with E-state index in [-0.39, 0.29) is 36.6 Å². The van der Waals surface area contributed by atoms with E-state index in [1.807, 2.05) is 0 Å². The van der Waals surface area contributed by atoms with E-state index < -0.39 is 0 Å². The molecule has 6 heteroatoms. The topological polar surface area (TPSA) is 55.4 Å². The van der Waals surface area contributed by atoms with Gasteiger partial charge in [-0.1, -0.05) is 72.8 Å². The van der Waals surface area contributed by atoms with Crippen LogP contribution in [0.3, 0.4) is 0 Å². The minimum absolute atomic E-state index is 0.267. The van der Waals surface area contributed by atoms with Gasteiger partial charge in [0.1, 0.15) is 36.6 Å². The second-order valence-electron chi connectivity index (χ2n) is 9.53. The normalized spacial score (nSPS) is 26.8. The van der Waals surface area contributed by atoms with Crippen molar-refractivity contribution < 1.29 is 28.4 Å². The number of rotatable bonds is 23. The molecule has 1 aliphatic rings. The fourth-order valence-corrected chi connectivity index (χ4v) is 4.26. The monoisotopic (exact) mass is 500 g/mol. The van der Waals surface area contributed by atoms with E-state index in [4.69, 9.17) is 28.4 Å². The number of ether oxygens (including phenoxy) is 6. The molecule has 0 saturated heterocycles. The van der Waals surface area contributed by atoms with Crippen molar-refractivity contribution in [3.8, 4) is 0 Å². The van der Waals surface area contributed by atoms with Crippen LogP contribution in [0.15, 0.2) is 12.7 Å². The van der Waals surface area contributed by atoms with E-state index in [0.717, 1.165) is 64.2 Å². The second kappa shape index (κ2) is 21.6. The van der Waals surface area contributed by atoms with Gasteiger partial charge in [-0.3, -0.25) is 0 Å². The van der Waals surface area contributed by atoms with Gasteiger partial charge in [0.2, 0.25) is 0 Å². The van der Waals surface area contributed by atoms with E-state index in [0.29, 0.717) is 39.6 Å². The van der Waals surface area contributed by atoms with Gasteiger partial charge in [0.15, 0.2) is 0 Å². The predicted molar refractivity (Wildman–Crippen MR) is 143 cm³/mol. The van der Waals surface area contributed by atoms with E-state index >= 15 is 0 Å². The lowest BCUT2D eigenvalue weighted by Gasteiger charge is -2.49. The van der Waals surface area contributed by atoms with Crippen LogP contribution in [0, 0.1) is 0 Å². The summed E-state index contributed by atoms with van der Waals surface area (Å²) in [7, 11) is 0. The molecule has 0 spiro atoms. The molecule has 0 aliphatic heterocycles. The lowest BCUT2D eigenvalue weighted by atomic mass is 9.83. The van der Waals surface area contributed by atoms with Crippen LogP contribution in [0.2, 0.25) is 0 Å². The van der Waals surface area contributed by atoms with Crippen LogP contribution in [-0.2, 0) is 28.4 Å². The zero-order valence-corrected chi connectivity index (χ0v) is 23.5. The number of unbranched alkanes of at least 4 members (excludes halogenated alkanes) is 5. The average Bonchev–Trinajstić information content (AvgIpc) is 2.86. The van der Waals surface area contributed by atoms with Crippen LogP contribution in [0.25, 0.3) is 0 Å². The Labute approximate surface area is 216 Å². The number of hydrogen-bond donors (Lipinski definition) is 0. The highest BCUT2D eigenvalue weighted by atomic mass is 16.6. The molecule has 0 aromatic rings. The Hall–Kier alpha value is -0.500. The minimum atomic E-state index is -0.314. The Bertz CT molecular complexity index is 456. The third-order valence-electron chi connectivity index (χ3n) is 6.39. The minimum Gasteiger partial charge on any atom is -0.373 e. The summed E-state index contributed by atoms with van der Waals surface area (Å²) in [4.78, 5) is 0. The van der Waals surface area contributed by atoms with Gasteiger partial charge in [-0.05, 0) is 32.1 Å². The van der Waals surface area contributed by atoms with E-state index in [2.05, 4.69) is 41.2 Å². The van der Waals surface area contributed by atoms with Gasteiger partial charge in [-0.15, -0.1) is 6.58 Å². The Kier molecular flexibility index (Phi) is 20.0. The highest BCUT2D eigenvalue weighted by Crippen LogP contribution is 2.34. The van der Waals surface area contributed by atoms with Crippen LogP contribution in [0.1, 0.15) is 98.8 Å². The second-order valence-corrected chi connectivity index (χ2v) is 9.53. The van der Waals surface area contributed by atoms with Gasteiger partial charge < -0.3 is 28.4 Å². The molecule has 1 aliphatic carbocycles. The molecule has 1 rings (SSSR count). The molecule has 35 heavy (non-hydrogen) atoms. The van der Waals surface area contributed by atoms with Crippen molar-refractivity contribution in [2.24, 2.45) is 0 Å². The molecule has 0 heterocycles. The fraction of sp³-hybridized carbons (Fsp3) is 0.931. The first kappa shape index (κ1) is 32.5. The SMILES string of the molecule is C=CCO[C@@H]1C(OCCCC)C(OCCCC)[C@H](OCCCC)C(OCCCC)[C@@H]1OCCCC. The van der Waals surface area contributed by atoms with Crippen molar-refractivity contribution in [1.29, 1.82) is 0 Å². The zero-order chi connectivity index (χ0) is 25.7. The summed E-state index contributed by atoms with van der Waals surface area (Å²) in [6, 6.07) is 0. The maximum atomic E-state index is 6.55. The third-order valence-corrected chi connectivity index (χ3v) is 6.39. The van der Waals surface area contributed by atoms with Crippen LogP contribution in [0.5, 0.6) is 0 Å². The summed E-state index contributed by atoms with van der Waals surface area (Å²) >= 11 is 0. The first-order valence-corrected chi connectivity index (χ1v) is 14.5. The predicted octanol–water partition coefficient (Wildman–Crippen LogP) is 6.50. The molecule has 6 nitrogen and oxygen atoms in total. The van der Waals surface area contributed by atoms with Crippen molar-refractivity contribution >= 4 is 0 Å². The molecule has 208 valence electrons. The van der Waals surface area contributed by atoms with Crippen molar-refractivity contribution in [2.45, 2.75) is 135 Å². The lowest BCUT2D eigenvalue weighted by molar-refractivity contribution is -0.280. The van der Waals surface area contributed by atoms with E-state index in [9.17, 15) is 0 Å². The molecule has 3 unspecified atom stereocenters. The summed E-state index contributed by atoms with van der Waals surface area (Å²) < 4.78 is 39.1. The standard InChI is InChI=1S/C29H56O6/c1-7-13-19-31-25-24(30-18-12-6)26(32-20-14-8-2)28(34-22-16-10-4)29(35-23-17-11-5)27(25)33-21-15-9-3/h12,24-29H,6-11,13-23H2,1-5H3/t24-,25+,26?,27?,28?,29+/m0/s1. The lowest BCUT2D eigenvalue weighted by Crippen LogP contribution is -2.67. The first-order chi connectivity index (χ1) is 17.2. The van der Waals surface area contributed by atoms with Gasteiger partial charge in [-0.2, -0.15) is 0 Å². The van der Waals surface area contributed by atoms with Gasteiger partial charge in [0, 0.05) is 33.0 Å². The molecule has 0 amide bonds. The Morgan fingerprint density at radius 1 is 0.429 bits per heavy atom. The molecule has 0 aromatic carbocycles. The summed E-state index contributed by atoms with van der Waals surface area (Å²) in [6.45, 7) is 18.5. The number of hydrogen-bond acceptors (Lipinski definition) is 6. The van der Waals surface area contributed by atoms with Gasteiger partial charge in [-0.25, -0.2) is 0 Å². The molecule has 0 radical (unpaired) electrons. The molecule has 1 saturated carbocycles. The van der Waals surface area contributed by atoms with Gasteiger partial charge >= 0.3 is 0 Å². The van der Waals surface area contributed by atoms with Gasteiger partial charge in [0.05, 0.1) is 6.61 Å². The summed E-state index contributed by atoms with van der Waals surface area (Å²) in [6.07, 6.45) is 10.4. The fourth-order valence-electron chi connectivity index (χ4n) is 4.26. The highest BCUT2D eigenvalue weighted by Gasteiger charge is 2.54. The smallest absolute Gasteiger partial charge is 0.115 e. The molecular weight excluding hydrogens is 444 g/mol. The van der Waals surface area contributed by atoms with Crippen LogP contribution in [0.4, 0.5) is 0 Å². The Morgan fingerprint density at radius 3 is 0.857 bits per heavy atom. The van der Waals surface area contributed by atoms with Crippen LogP contribution >= 0.6 is 0 Å². The molecule has 1 fully saturated rings. The summed E-state index contributed by atoms with van der Waals surface area (Å²) in [5.41, 5.74) is 0. The molecule has 0 aromatic heterocycles. The van der Waals surface area contributed by atoms with E-state index in [1.165, 1.54) is 0 Å². The van der Waals surface area contributed by atoms with Crippen molar-refractivity contribution in [3.63, 3.8) is 0 Å². The largest absolute Gasteiger partial charge is 0.373 e. The quantitative estimate of drug-likeness (QED) is 0.118. The summed E-state index contributed by atoms with van der Waals surface area (Å²) in [5.74, 6) is 0. The molecule has 0 bridgehead atoms. The summed E-state index contributed by atoms with van der Waals surface area (Å²) in [5, 5.41) is 0. The maximum absolute atomic E-state index is 6.55. The van der Waals surface area contributed by atoms with Crippen molar-refractivity contribution in [2.75, 3.05) is 39.6 Å². The van der Waals surface area contributed by atoms with Crippen molar-refractivity contribution in [1.82, 2.24) is 0 Å². The Balaban J connectivity index is 3.37. The molecular formula is C29H56O6. The molecule has 6 atom stereocenters. The Morgan fingerprint density at radius 2 is 0.657 bits per heavy atom. The third kappa shape index (κ3) is 12.1. The van der Waals surface area contributed by atoms with Crippen LogP contribution < -0.4 is 0 Å². The van der Waals surface area contributed by atoms with Gasteiger partial charge in [0.25, 0.3) is 0 Å². The van der Waals surface area contributed by atoms with Crippen molar-refractivity contribution in [3.05, 3.63) is 12.7 Å². The zero-order valence-electron chi connectivity index (χ0n) is 23.5. The van der Waals surface area contributed by atoms with Crippen LogP contribution in [-0.4, -0.2) is 76.3 Å². The average molecular weight is 501 g/mol. The highest BCUT2D eigenvalue weighted by molar-refractivity contribution is 5.04. The molecule has 0 N–H and O–H groups in total.